The van der Waals surface area contributed by atoms with Crippen molar-refractivity contribution in [3.05, 3.63) is 59.7 Å². The molecule has 1 aliphatic rings. The lowest BCUT2D eigenvalue weighted by Gasteiger charge is -2.32. The molecule has 0 saturated carbocycles. The molecule has 2 aromatic carbocycles. The van der Waals surface area contributed by atoms with Crippen molar-refractivity contribution >= 4 is 34.4 Å². The number of hydrogen-bond donors (Lipinski definition) is 1. The van der Waals surface area contributed by atoms with Crippen LogP contribution in [0.2, 0.25) is 0 Å². The van der Waals surface area contributed by atoms with Gasteiger partial charge in [-0.05, 0) is 42.8 Å². The number of thioether (sulfide) groups is 1. The molecule has 2 aromatic rings. The maximum Gasteiger partial charge on any atom is 0.416 e. The molecular weight excluding hydrogens is 443 g/mol. The van der Waals surface area contributed by atoms with E-state index >= 15 is 0 Å². The molecule has 1 heterocycles. The number of amides is 2. The number of hydrogen-bond acceptors (Lipinski definition) is 5. The molecule has 10 heteroatoms. The largest absolute Gasteiger partial charge is 0.497 e. The summed E-state index contributed by atoms with van der Waals surface area (Å²) in [5.41, 5.74) is -0.00664. The van der Waals surface area contributed by atoms with Crippen LogP contribution in [-0.2, 0) is 22.3 Å². The highest BCUT2D eigenvalue weighted by molar-refractivity contribution is 8.15. The molecule has 1 unspecified atom stereocenters. The highest BCUT2D eigenvalue weighted by Gasteiger charge is 2.36. The first-order valence-electron chi connectivity index (χ1n) is 9.85. The molecule has 1 saturated heterocycles. The van der Waals surface area contributed by atoms with Crippen molar-refractivity contribution in [1.29, 1.82) is 0 Å². The van der Waals surface area contributed by atoms with Gasteiger partial charge in [-0.15, -0.1) is 0 Å². The second kappa shape index (κ2) is 10.1. The van der Waals surface area contributed by atoms with E-state index in [9.17, 15) is 22.8 Å². The predicted molar refractivity (Wildman–Crippen MR) is 117 cm³/mol. The van der Waals surface area contributed by atoms with Gasteiger partial charge in [0.15, 0.2) is 5.17 Å². The molecular formula is C22H22F3N3O3S. The molecule has 170 valence electrons. The number of amidine groups is 1. The number of nitrogens with one attached hydrogen (secondary N) is 1. The Labute approximate surface area is 187 Å². The summed E-state index contributed by atoms with van der Waals surface area (Å²) in [4.78, 5) is 31.0. The van der Waals surface area contributed by atoms with Gasteiger partial charge in [0.25, 0.3) is 0 Å². The van der Waals surface area contributed by atoms with Gasteiger partial charge in [-0.1, -0.05) is 30.0 Å². The fraction of sp³-hybridized carbons (Fsp3) is 0.318. The Morgan fingerprint density at radius 3 is 2.59 bits per heavy atom. The molecule has 6 nitrogen and oxygen atoms in total. The Bertz CT molecular complexity index is 1010. The van der Waals surface area contributed by atoms with Crippen LogP contribution in [-0.4, -0.2) is 40.8 Å². The van der Waals surface area contributed by atoms with Gasteiger partial charge < -0.3 is 10.1 Å². The number of benzene rings is 2. The Kier molecular flexibility index (Phi) is 7.44. The summed E-state index contributed by atoms with van der Waals surface area (Å²) in [6.45, 7) is 2.33. The summed E-state index contributed by atoms with van der Waals surface area (Å²) in [6, 6.07) is 11.6. The van der Waals surface area contributed by atoms with Gasteiger partial charge >= 0.3 is 6.18 Å². The molecule has 0 spiro atoms. The summed E-state index contributed by atoms with van der Waals surface area (Å²) >= 11 is 1.06. The number of ether oxygens (including phenoxy) is 1. The molecule has 0 bridgehead atoms. The van der Waals surface area contributed by atoms with Crippen LogP contribution in [0.15, 0.2) is 53.5 Å². The first kappa shape index (κ1) is 23.6. The van der Waals surface area contributed by atoms with E-state index in [4.69, 9.17) is 4.74 Å². The van der Waals surface area contributed by atoms with Crippen molar-refractivity contribution in [2.24, 2.45) is 4.99 Å². The molecule has 2 amide bonds. The molecule has 32 heavy (non-hydrogen) atoms. The summed E-state index contributed by atoms with van der Waals surface area (Å²) < 4.78 is 44.5. The number of methoxy groups -OCH3 is 1. The van der Waals surface area contributed by atoms with Crippen LogP contribution in [0.25, 0.3) is 0 Å². The molecule has 0 aliphatic carbocycles. The second-order valence-corrected chi connectivity index (χ2v) is 8.15. The van der Waals surface area contributed by atoms with Gasteiger partial charge in [0.1, 0.15) is 5.75 Å². The molecule has 1 atom stereocenters. The quantitative estimate of drug-likeness (QED) is 0.688. The van der Waals surface area contributed by atoms with Crippen LogP contribution in [0.4, 0.5) is 18.9 Å². The lowest BCUT2D eigenvalue weighted by atomic mass is 10.2. The van der Waals surface area contributed by atoms with Crippen molar-refractivity contribution in [1.82, 2.24) is 10.2 Å². The zero-order chi connectivity index (χ0) is 23.3. The van der Waals surface area contributed by atoms with Crippen molar-refractivity contribution in [2.45, 2.75) is 31.3 Å². The highest BCUT2D eigenvalue weighted by Crippen LogP contribution is 2.34. The van der Waals surface area contributed by atoms with Crippen molar-refractivity contribution < 1.29 is 27.5 Å². The van der Waals surface area contributed by atoms with Crippen LogP contribution in [0.5, 0.6) is 5.75 Å². The third-order valence-corrected chi connectivity index (χ3v) is 5.87. The van der Waals surface area contributed by atoms with Crippen molar-refractivity contribution in [3.8, 4) is 5.75 Å². The highest BCUT2D eigenvalue weighted by atomic mass is 32.2. The molecule has 1 fully saturated rings. The summed E-state index contributed by atoms with van der Waals surface area (Å²) in [5.74, 6) is 0.00971. The number of alkyl halides is 3. The maximum atomic E-state index is 13.1. The van der Waals surface area contributed by atoms with E-state index in [2.05, 4.69) is 10.3 Å². The standard InChI is InChI=1S/C22H22F3N3O3S/c1-3-26-20(30)18-12-19(29)28(13-14-7-9-17(31-2)10-8-14)21(32-18)27-16-6-4-5-15(11-16)22(23,24)25/h4-11,18H,3,12-13H2,1-2H3,(H,26,30). The summed E-state index contributed by atoms with van der Waals surface area (Å²) in [7, 11) is 1.54. The topological polar surface area (TPSA) is 71.0 Å². The fourth-order valence-corrected chi connectivity index (χ4v) is 4.18. The number of aliphatic imine (C=N–C) groups is 1. The lowest BCUT2D eigenvalue weighted by Crippen LogP contribution is -2.46. The van der Waals surface area contributed by atoms with Gasteiger partial charge in [-0.2, -0.15) is 13.2 Å². The fourth-order valence-electron chi connectivity index (χ4n) is 3.06. The third-order valence-electron chi connectivity index (χ3n) is 4.68. The molecule has 0 radical (unpaired) electrons. The number of rotatable bonds is 6. The number of carbonyl (C=O) groups is 2. The maximum absolute atomic E-state index is 13.1. The Hall–Kier alpha value is -3.01. The zero-order valence-electron chi connectivity index (χ0n) is 17.5. The van der Waals surface area contributed by atoms with E-state index in [0.29, 0.717) is 12.3 Å². The van der Waals surface area contributed by atoms with Crippen LogP contribution < -0.4 is 10.1 Å². The summed E-state index contributed by atoms with van der Waals surface area (Å²) in [6.07, 6.45) is -4.55. The Morgan fingerprint density at radius 2 is 1.97 bits per heavy atom. The monoisotopic (exact) mass is 465 g/mol. The number of nitrogens with zero attached hydrogens (tertiary/aromatic N) is 2. The third kappa shape index (κ3) is 5.82. The van der Waals surface area contributed by atoms with Gasteiger partial charge in [0.05, 0.1) is 30.2 Å². The van der Waals surface area contributed by atoms with Gasteiger partial charge in [-0.3, -0.25) is 14.5 Å². The Balaban J connectivity index is 1.95. The van der Waals surface area contributed by atoms with Gasteiger partial charge in [0, 0.05) is 13.0 Å². The Morgan fingerprint density at radius 1 is 1.25 bits per heavy atom. The van der Waals surface area contributed by atoms with Crippen LogP contribution in [0.3, 0.4) is 0 Å². The first-order valence-corrected chi connectivity index (χ1v) is 10.7. The van der Waals surface area contributed by atoms with Crippen LogP contribution in [0.1, 0.15) is 24.5 Å². The first-order chi connectivity index (χ1) is 15.2. The van der Waals surface area contributed by atoms with Crippen LogP contribution >= 0.6 is 11.8 Å². The lowest BCUT2D eigenvalue weighted by molar-refractivity contribution is -0.137. The molecule has 0 aromatic heterocycles. The summed E-state index contributed by atoms with van der Waals surface area (Å²) in [5, 5.41) is 2.14. The average Bonchev–Trinajstić information content (AvgIpc) is 2.76. The molecule has 1 aliphatic heterocycles. The van der Waals surface area contributed by atoms with Gasteiger partial charge in [-0.25, -0.2) is 4.99 Å². The number of halogens is 3. The SMILES string of the molecule is CCNC(=O)C1CC(=O)N(Cc2ccc(OC)cc2)C(=Nc2cccc(C(F)(F)F)c2)S1. The zero-order valence-corrected chi connectivity index (χ0v) is 18.3. The van der Waals surface area contributed by atoms with E-state index in [1.54, 1.807) is 38.3 Å². The van der Waals surface area contributed by atoms with Gasteiger partial charge in [0.2, 0.25) is 11.8 Å². The number of carbonyl (C=O) groups excluding carboxylic acids is 2. The predicted octanol–water partition coefficient (Wildman–Crippen LogP) is 4.37. The van der Waals surface area contributed by atoms with Crippen molar-refractivity contribution in [3.63, 3.8) is 0 Å². The molecule has 1 N–H and O–H groups in total. The van der Waals surface area contributed by atoms with Crippen molar-refractivity contribution in [2.75, 3.05) is 13.7 Å². The minimum Gasteiger partial charge on any atom is -0.497 e. The van der Waals surface area contributed by atoms with E-state index in [1.165, 1.54) is 17.0 Å². The van der Waals surface area contributed by atoms with Crippen LogP contribution in [0, 0.1) is 0 Å². The second-order valence-electron chi connectivity index (χ2n) is 6.98. The molecule has 3 rings (SSSR count). The van der Waals surface area contributed by atoms with E-state index in [1.807, 2.05) is 0 Å². The minimum atomic E-state index is -4.52. The normalized spacial score (nSPS) is 18.0. The van der Waals surface area contributed by atoms with E-state index < -0.39 is 17.0 Å². The average molecular weight is 465 g/mol. The van der Waals surface area contributed by atoms with E-state index in [-0.39, 0.29) is 35.6 Å². The minimum absolute atomic E-state index is 0.0335. The van der Waals surface area contributed by atoms with E-state index in [0.717, 1.165) is 29.5 Å². The smallest absolute Gasteiger partial charge is 0.416 e.